The summed E-state index contributed by atoms with van der Waals surface area (Å²) in [6, 6.07) is 3.15. The molecule has 0 amide bonds. The van der Waals surface area contributed by atoms with Crippen molar-refractivity contribution in [2.75, 3.05) is 24.6 Å². The van der Waals surface area contributed by atoms with Gasteiger partial charge in [-0.3, -0.25) is 0 Å². The second-order valence-corrected chi connectivity index (χ2v) is 8.99. The molecule has 2 aromatic rings. The van der Waals surface area contributed by atoms with E-state index >= 15 is 0 Å². The van der Waals surface area contributed by atoms with E-state index in [1.165, 1.54) is 6.07 Å². The zero-order chi connectivity index (χ0) is 21.6. The van der Waals surface area contributed by atoms with Crippen LogP contribution in [0.3, 0.4) is 0 Å². The molecular weight excluding hydrogens is 439 g/mol. The number of anilines is 1. The van der Waals surface area contributed by atoms with Gasteiger partial charge < -0.3 is 25.6 Å². The molecule has 4 N–H and O–H groups in total. The van der Waals surface area contributed by atoms with Gasteiger partial charge in [0.05, 0.1) is 35.7 Å². The lowest BCUT2D eigenvalue weighted by Gasteiger charge is -2.42. The van der Waals surface area contributed by atoms with E-state index in [9.17, 15) is 10.2 Å². The summed E-state index contributed by atoms with van der Waals surface area (Å²) >= 11 is 12.4. The van der Waals surface area contributed by atoms with Crippen molar-refractivity contribution in [1.29, 1.82) is 0 Å². The van der Waals surface area contributed by atoms with Crippen LogP contribution >= 0.6 is 23.2 Å². The Kier molecular flexibility index (Phi) is 7.03. The number of phenols is 1. The quantitative estimate of drug-likeness (QED) is 0.626. The first-order valence-electron chi connectivity index (χ1n) is 10.1. The average Bonchev–Trinajstić information content (AvgIpc) is 3.01. The van der Waals surface area contributed by atoms with Crippen molar-refractivity contribution in [1.82, 2.24) is 9.97 Å². The van der Waals surface area contributed by atoms with Gasteiger partial charge in [-0.1, -0.05) is 30.6 Å². The Balaban J connectivity index is 0.00000272. The number of benzene rings is 1. The second kappa shape index (κ2) is 9.08. The van der Waals surface area contributed by atoms with E-state index in [1.54, 1.807) is 6.07 Å². The van der Waals surface area contributed by atoms with Crippen LogP contribution in [0.1, 0.15) is 38.6 Å². The third-order valence-corrected chi connectivity index (χ3v) is 7.37. The number of nitrogens with two attached hydrogens (primary N) is 1. The number of aliphatic hydroxyl groups is 1. The summed E-state index contributed by atoms with van der Waals surface area (Å²) < 4.78 is 5.80. The molecule has 2 atom stereocenters. The van der Waals surface area contributed by atoms with Crippen molar-refractivity contribution in [2.45, 2.75) is 52.9 Å². The molecule has 0 aliphatic carbocycles. The molecule has 1 aromatic carbocycles. The van der Waals surface area contributed by atoms with Crippen LogP contribution in [0.2, 0.25) is 10.0 Å². The first-order valence-corrected chi connectivity index (χ1v) is 10.8. The number of aromatic hydroxyl groups is 1. The van der Waals surface area contributed by atoms with E-state index in [-0.39, 0.29) is 47.4 Å². The third-order valence-electron chi connectivity index (χ3n) is 6.49. The highest BCUT2D eigenvalue weighted by Gasteiger charge is 2.47. The Bertz CT molecular complexity index is 964. The summed E-state index contributed by atoms with van der Waals surface area (Å²) in [6.07, 6.45) is 1.89. The smallest absolute Gasteiger partial charge is 0.153 e. The Morgan fingerprint density at radius 2 is 1.90 bits per heavy atom. The van der Waals surface area contributed by atoms with Crippen LogP contribution in [0, 0.1) is 12.3 Å². The van der Waals surface area contributed by atoms with Crippen LogP contribution in [0.4, 0.5) is 5.82 Å². The maximum Gasteiger partial charge on any atom is 0.153 e. The SMILES string of the molecule is C.Cc1nc(N2CCC3(CC2)CO[C@@H](C)[C@H]3N)c(CO)nc1-c1ccc(O)c(Cl)c1Cl. The summed E-state index contributed by atoms with van der Waals surface area (Å²) in [4.78, 5) is 11.6. The van der Waals surface area contributed by atoms with Gasteiger partial charge >= 0.3 is 0 Å². The van der Waals surface area contributed by atoms with E-state index in [1.807, 2.05) is 13.8 Å². The fourth-order valence-corrected chi connectivity index (χ4v) is 4.93. The van der Waals surface area contributed by atoms with Crippen molar-refractivity contribution in [3.05, 3.63) is 33.6 Å². The molecule has 2 aliphatic rings. The van der Waals surface area contributed by atoms with Gasteiger partial charge in [0, 0.05) is 30.1 Å². The molecule has 4 rings (SSSR count). The Labute approximate surface area is 193 Å². The highest BCUT2D eigenvalue weighted by molar-refractivity contribution is 6.44. The van der Waals surface area contributed by atoms with E-state index < -0.39 is 0 Å². The standard InChI is InChI=1S/C21H26Cl2N4O3.CH4/c1-11-18(13-3-4-15(29)17(23)16(13)22)26-14(9-28)20(25-11)27-7-5-21(6-8-27)10-30-12(2)19(21)24;/h3-4,12,19,28-29H,5-10,24H2,1-2H3;1H4/t12-,19+;/m0./s1. The van der Waals surface area contributed by atoms with Gasteiger partial charge in [-0.15, -0.1) is 0 Å². The number of halogens is 2. The van der Waals surface area contributed by atoms with Gasteiger partial charge in [0.2, 0.25) is 0 Å². The predicted molar refractivity (Wildman–Crippen MR) is 124 cm³/mol. The number of hydrogen-bond acceptors (Lipinski definition) is 7. The summed E-state index contributed by atoms with van der Waals surface area (Å²) in [6.45, 7) is 5.87. The molecule has 7 nitrogen and oxygen atoms in total. The van der Waals surface area contributed by atoms with Crippen molar-refractivity contribution in [3.8, 4) is 17.0 Å². The fourth-order valence-electron chi connectivity index (χ4n) is 4.52. The van der Waals surface area contributed by atoms with E-state index in [0.29, 0.717) is 35.1 Å². The van der Waals surface area contributed by atoms with Crippen LogP contribution in [0.15, 0.2) is 12.1 Å². The second-order valence-electron chi connectivity index (χ2n) is 8.24. The molecule has 2 saturated heterocycles. The van der Waals surface area contributed by atoms with E-state index in [4.69, 9.17) is 38.7 Å². The Hall–Kier alpha value is -1.64. The van der Waals surface area contributed by atoms with Gasteiger partial charge in [0.1, 0.15) is 16.5 Å². The van der Waals surface area contributed by atoms with E-state index in [2.05, 4.69) is 9.88 Å². The number of ether oxygens (including phenoxy) is 1. The lowest BCUT2D eigenvalue weighted by Crippen LogP contribution is -2.51. The molecule has 2 aliphatic heterocycles. The number of aromatic nitrogens is 2. The van der Waals surface area contributed by atoms with Gasteiger partial charge in [-0.05, 0) is 38.8 Å². The average molecular weight is 469 g/mol. The van der Waals surface area contributed by atoms with Crippen molar-refractivity contribution >= 4 is 29.0 Å². The minimum atomic E-state index is -0.250. The number of aliphatic hydroxyl groups excluding tert-OH is 1. The monoisotopic (exact) mass is 468 g/mol. The van der Waals surface area contributed by atoms with Gasteiger partial charge in [0.15, 0.2) is 5.82 Å². The van der Waals surface area contributed by atoms with E-state index in [0.717, 1.165) is 25.9 Å². The maximum absolute atomic E-state index is 9.99. The molecule has 2 fully saturated rings. The highest BCUT2D eigenvalue weighted by atomic mass is 35.5. The molecule has 170 valence electrons. The van der Waals surface area contributed by atoms with Gasteiger partial charge in [0.25, 0.3) is 0 Å². The first kappa shape index (κ1) is 24.0. The lowest BCUT2D eigenvalue weighted by molar-refractivity contribution is 0.0973. The predicted octanol–water partition coefficient (Wildman–Crippen LogP) is 3.93. The fraction of sp³-hybridized carbons (Fsp3) is 0.545. The maximum atomic E-state index is 9.99. The lowest BCUT2D eigenvalue weighted by atomic mass is 9.73. The third kappa shape index (κ3) is 4.10. The number of rotatable bonds is 3. The summed E-state index contributed by atoms with van der Waals surface area (Å²) in [5.74, 6) is 0.579. The van der Waals surface area contributed by atoms with Crippen molar-refractivity contribution < 1.29 is 14.9 Å². The zero-order valence-electron chi connectivity index (χ0n) is 17.0. The topological polar surface area (TPSA) is 105 Å². The summed E-state index contributed by atoms with van der Waals surface area (Å²) in [5, 5.41) is 20.0. The first-order chi connectivity index (χ1) is 14.3. The van der Waals surface area contributed by atoms with Gasteiger partial charge in [-0.2, -0.15) is 0 Å². The molecule has 1 spiro atoms. The molecule has 0 bridgehead atoms. The number of nitrogens with zero attached hydrogens (tertiary/aromatic N) is 3. The van der Waals surface area contributed by atoms with Crippen molar-refractivity contribution in [3.63, 3.8) is 0 Å². The molecule has 31 heavy (non-hydrogen) atoms. The largest absolute Gasteiger partial charge is 0.506 e. The minimum Gasteiger partial charge on any atom is -0.506 e. The van der Waals surface area contributed by atoms with Crippen LogP contribution in [-0.4, -0.2) is 52.0 Å². The normalized spacial score (nSPS) is 22.6. The van der Waals surface area contributed by atoms with Crippen LogP contribution in [0.5, 0.6) is 5.75 Å². The van der Waals surface area contributed by atoms with Crippen LogP contribution in [-0.2, 0) is 11.3 Å². The van der Waals surface area contributed by atoms with Crippen LogP contribution < -0.4 is 10.6 Å². The Morgan fingerprint density at radius 3 is 2.48 bits per heavy atom. The molecule has 0 radical (unpaired) electrons. The summed E-state index contributed by atoms with van der Waals surface area (Å²) in [7, 11) is 0. The molecular formula is C22H30Cl2N4O3. The number of hydrogen-bond donors (Lipinski definition) is 3. The molecule has 0 saturated carbocycles. The molecule has 9 heteroatoms. The summed E-state index contributed by atoms with van der Waals surface area (Å²) in [5.41, 5.74) is 8.67. The minimum absolute atomic E-state index is 0. The molecule has 1 aromatic heterocycles. The van der Waals surface area contributed by atoms with Gasteiger partial charge in [-0.25, -0.2) is 9.97 Å². The zero-order valence-corrected chi connectivity index (χ0v) is 18.5. The highest BCUT2D eigenvalue weighted by Crippen LogP contribution is 2.43. The Morgan fingerprint density at radius 1 is 1.23 bits per heavy atom. The number of piperidine rings is 1. The molecule has 0 unspecified atom stereocenters. The molecule has 3 heterocycles. The number of aryl methyl sites for hydroxylation is 1. The number of phenolic OH excluding ortho intramolecular Hbond substituents is 1. The van der Waals surface area contributed by atoms with Crippen LogP contribution in [0.25, 0.3) is 11.3 Å². The van der Waals surface area contributed by atoms with Crippen molar-refractivity contribution in [2.24, 2.45) is 11.1 Å².